The van der Waals surface area contributed by atoms with Crippen molar-refractivity contribution in [1.29, 1.82) is 0 Å². The van der Waals surface area contributed by atoms with Crippen molar-refractivity contribution in [3.8, 4) is 0 Å². The van der Waals surface area contributed by atoms with Gasteiger partial charge in [0.15, 0.2) is 5.16 Å². The number of nitrogens with one attached hydrogen (secondary N) is 2. The SMILES string of the molecule is CSc1nc(NN)cc(NCc2nccn2C)n1. The number of aromatic nitrogens is 4. The zero-order valence-corrected chi connectivity index (χ0v) is 11.0. The van der Waals surface area contributed by atoms with Gasteiger partial charge in [0.25, 0.3) is 0 Å². The maximum Gasteiger partial charge on any atom is 0.191 e. The predicted molar refractivity (Wildman–Crippen MR) is 72.2 cm³/mol. The second-order valence-electron chi connectivity index (χ2n) is 3.58. The van der Waals surface area contributed by atoms with Crippen LogP contribution in [-0.2, 0) is 13.6 Å². The smallest absolute Gasteiger partial charge is 0.191 e. The molecule has 0 amide bonds. The number of anilines is 2. The fourth-order valence-electron chi connectivity index (χ4n) is 1.42. The number of rotatable bonds is 5. The van der Waals surface area contributed by atoms with E-state index < -0.39 is 0 Å². The van der Waals surface area contributed by atoms with E-state index >= 15 is 0 Å². The number of imidazole rings is 1. The molecule has 0 saturated heterocycles. The van der Waals surface area contributed by atoms with E-state index in [4.69, 9.17) is 5.84 Å². The first kappa shape index (κ1) is 12.7. The molecule has 2 aromatic heterocycles. The van der Waals surface area contributed by atoms with Crippen molar-refractivity contribution in [2.45, 2.75) is 11.7 Å². The van der Waals surface area contributed by atoms with Gasteiger partial charge in [-0.15, -0.1) is 0 Å². The molecule has 0 saturated carbocycles. The van der Waals surface area contributed by atoms with E-state index in [2.05, 4.69) is 25.7 Å². The molecule has 2 aromatic rings. The maximum absolute atomic E-state index is 5.36. The quantitative estimate of drug-likeness (QED) is 0.319. The van der Waals surface area contributed by atoms with Gasteiger partial charge in [-0.25, -0.2) is 20.8 Å². The van der Waals surface area contributed by atoms with Crippen LogP contribution in [0, 0.1) is 0 Å². The molecule has 0 bridgehead atoms. The lowest BCUT2D eigenvalue weighted by atomic mass is 10.5. The van der Waals surface area contributed by atoms with Gasteiger partial charge < -0.3 is 15.3 Å². The summed E-state index contributed by atoms with van der Waals surface area (Å²) in [5, 5.41) is 3.85. The molecule has 0 atom stereocenters. The molecule has 7 nitrogen and oxygen atoms in total. The molecule has 2 rings (SSSR count). The summed E-state index contributed by atoms with van der Waals surface area (Å²) in [6.07, 6.45) is 5.58. The standard InChI is InChI=1S/C10H15N7S/c1-17-4-3-12-9(17)6-13-7-5-8(16-11)15-10(14-7)18-2/h3-5H,6,11H2,1-2H3,(H2,13,14,15,16). The fourth-order valence-corrected chi connectivity index (χ4v) is 1.80. The molecular formula is C10H15N7S. The highest BCUT2D eigenvalue weighted by Gasteiger charge is 2.04. The van der Waals surface area contributed by atoms with Crippen LogP contribution in [-0.4, -0.2) is 25.8 Å². The molecule has 8 heteroatoms. The Kier molecular flexibility index (Phi) is 4.00. The first-order valence-corrected chi connectivity index (χ1v) is 6.55. The topological polar surface area (TPSA) is 93.7 Å². The van der Waals surface area contributed by atoms with E-state index in [0.29, 0.717) is 23.3 Å². The van der Waals surface area contributed by atoms with Crippen LogP contribution >= 0.6 is 11.8 Å². The molecule has 0 radical (unpaired) electrons. The summed E-state index contributed by atoms with van der Waals surface area (Å²) >= 11 is 1.46. The van der Waals surface area contributed by atoms with E-state index in [-0.39, 0.29) is 0 Å². The molecule has 4 N–H and O–H groups in total. The molecule has 0 fully saturated rings. The number of nitrogens with zero attached hydrogens (tertiary/aromatic N) is 4. The van der Waals surface area contributed by atoms with Gasteiger partial charge in [-0.2, -0.15) is 0 Å². The Balaban J connectivity index is 2.11. The highest BCUT2D eigenvalue weighted by Crippen LogP contribution is 2.16. The van der Waals surface area contributed by atoms with E-state index in [0.717, 1.165) is 5.82 Å². The third-order valence-corrected chi connectivity index (χ3v) is 2.93. The summed E-state index contributed by atoms with van der Waals surface area (Å²) in [5.41, 5.74) is 2.52. The number of hydrogen-bond donors (Lipinski definition) is 3. The Morgan fingerprint density at radius 1 is 1.39 bits per heavy atom. The van der Waals surface area contributed by atoms with Crippen LogP contribution in [0.2, 0.25) is 0 Å². The van der Waals surface area contributed by atoms with Crippen LogP contribution < -0.4 is 16.6 Å². The summed E-state index contributed by atoms with van der Waals surface area (Å²) < 4.78 is 1.95. The van der Waals surface area contributed by atoms with Crippen LogP contribution in [0.25, 0.3) is 0 Å². The Morgan fingerprint density at radius 2 is 2.17 bits per heavy atom. The van der Waals surface area contributed by atoms with E-state index in [9.17, 15) is 0 Å². The molecule has 96 valence electrons. The lowest BCUT2D eigenvalue weighted by Crippen LogP contribution is -2.12. The summed E-state index contributed by atoms with van der Waals surface area (Å²) in [6, 6.07) is 1.75. The normalized spacial score (nSPS) is 10.4. The van der Waals surface area contributed by atoms with E-state index in [1.165, 1.54) is 11.8 Å². The lowest BCUT2D eigenvalue weighted by Gasteiger charge is -2.08. The summed E-state index contributed by atoms with van der Waals surface area (Å²) in [7, 11) is 1.95. The minimum atomic E-state index is 0.580. The highest BCUT2D eigenvalue weighted by atomic mass is 32.2. The van der Waals surface area contributed by atoms with Crippen LogP contribution in [0.15, 0.2) is 23.6 Å². The Bertz CT molecular complexity index is 502. The van der Waals surface area contributed by atoms with Crippen LogP contribution in [0.1, 0.15) is 5.82 Å². The molecule has 0 aromatic carbocycles. The van der Waals surface area contributed by atoms with E-state index in [1.54, 1.807) is 12.3 Å². The van der Waals surface area contributed by atoms with Crippen LogP contribution in [0.4, 0.5) is 11.6 Å². The lowest BCUT2D eigenvalue weighted by molar-refractivity contribution is 0.808. The zero-order valence-electron chi connectivity index (χ0n) is 10.2. The monoisotopic (exact) mass is 265 g/mol. The van der Waals surface area contributed by atoms with Gasteiger partial charge in [0.05, 0.1) is 6.54 Å². The average Bonchev–Trinajstić information content (AvgIpc) is 2.81. The third kappa shape index (κ3) is 2.90. The highest BCUT2D eigenvalue weighted by molar-refractivity contribution is 7.98. The zero-order chi connectivity index (χ0) is 13.0. The molecule has 18 heavy (non-hydrogen) atoms. The Hall–Kier alpha value is -1.80. The number of thioether (sulfide) groups is 1. The van der Waals surface area contributed by atoms with Crippen molar-refractivity contribution >= 4 is 23.4 Å². The van der Waals surface area contributed by atoms with Crippen molar-refractivity contribution in [3.05, 3.63) is 24.3 Å². The minimum absolute atomic E-state index is 0.580. The molecule has 0 aliphatic rings. The van der Waals surface area contributed by atoms with Gasteiger partial charge in [0.2, 0.25) is 0 Å². The van der Waals surface area contributed by atoms with Gasteiger partial charge in [0.1, 0.15) is 17.5 Å². The number of hydrazine groups is 1. The van der Waals surface area contributed by atoms with Crippen LogP contribution in [0.5, 0.6) is 0 Å². The van der Waals surface area contributed by atoms with Crippen LogP contribution in [0.3, 0.4) is 0 Å². The van der Waals surface area contributed by atoms with Gasteiger partial charge in [-0.3, -0.25) is 0 Å². The molecular weight excluding hydrogens is 250 g/mol. The first-order chi connectivity index (χ1) is 8.72. The third-order valence-electron chi connectivity index (χ3n) is 2.38. The summed E-state index contributed by atoms with van der Waals surface area (Å²) in [4.78, 5) is 12.8. The molecule has 0 spiro atoms. The molecule has 2 heterocycles. The second kappa shape index (κ2) is 5.69. The second-order valence-corrected chi connectivity index (χ2v) is 4.35. The van der Waals surface area contributed by atoms with Crippen molar-refractivity contribution in [2.24, 2.45) is 12.9 Å². The molecule has 0 aliphatic carbocycles. The Labute approximate surface area is 109 Å². The molecule has 0 unspecified atom stereocenters. The van der Waals surface area contributed by atoms with Gasteiger partial charge in [-0.1, -0.05) is 11.8 Å². The average molecular weight is 265 g/mol. The summed E-state index contributed by atoms with van der Waals surface area (Å²) in [6.45, 7) is 0.596. The summed E-state index contributed by atoms with van der Waals surface area (Å²) in [5.74, 6) is 7.59. The van der Waals surface area contributed by atoms with Gasteiger partial charge in [-0.05, 0) is 6.26 Å². The fraction of sp³-hybridized carbons (Fsp3) is 0.300. The number of nitrogen functional groups attached to an aromatic ring is 1. The first-order valence-electron chi connectivity index (χ1n) is 5.32. The number of hydrogen-bond acceptors (Lipinski definition) is 7. The van der Waals surface area contributed by atoms with Gasteiger partial charge >= 0.3 is 0 Å². The van der Waals surface area contributed by atoms with Crippen molar-refractivity contribution < 1.29 is 0 Å². The van der Waals surface area contributed by atoms with Crippen molar-refractivity contribution in [1.82, 2.24) is 19.5 Å². The Morgan fingerprint density at radius 3 is 2.78 bits per heavy atom. The van der Waals surface area contributed by atoms with Gasteiger partial charge in [0, 0.05) is 25.5 Å². The predicted octanol–water partition coefficient (Wildman–Crippen LogP) is 0.830. The minimum Gasteiger partial charge on any atom is -0.363 e. The molecule has 0 aliphatic heterocycles. The maximum atomic E-state index is 5.36. The van der Waals surface area contributed by atoms with Crippen molar-refractivity contribution in [2.75, 3.05) is 17.0 Å². The largest absolute Gasteiger partial charge is 0.363 e. The number of aryl methyl sites for hydroxylation is 1. The number of nitrogens with two attached hydrogens (primary N) is 1. The van der Waals surface area contributed by atoms with E-state index in [1.807, 2.05) is 24.1 Å². The van der Waals surface area contributed by atoms with Crippen molar-refractivity contribution in [3.63, 3.8) is 0 Å².